The number of ketones is 1. The molecule has 0 heterocycles. The van der Waals surface area contributed by atoms with Crippen molar-refractivity contribution in [3.05, 3.63) is 24.3 Å². The van der Waals surface area contributed by atoms with Crippen LogP contribution in [0.2, 0.25) is 0 Å². The molecule has 0 unspecified atom stereocenters. The first-order valence-electron chi connectivity index (χ1n) is 4.60. The molecule has 2 atom stereocenters. The van der Waals surface area contributed by atoms with Crippen LogP contribution in [0.4, 0.5) is 0 Å². The Hall–Kier alpha value is -1.38. The topological polar surface area (TPSA) is 43.4 Å². The summed E-state index contributed by atoms with van der Waals surface area (Å²) in [7, 11) is 1.31. The molecule has 1 saturated carbocycles. The lowest BCUT2D eigenvalue weighted by atomic mass is 9.76. The highest BCUT2D eigenvalue weighted by atomic mass is 16.5. The standard InChI is InChI=1S/C11H12O3/c1-7-5-8-3-4-9(12)11(7,6-8)10(13)14-2/h3-4,8H,1,5-6H2,2H3/t8-,11+/m0/s1. The summed E-state index contributed by atoms with van der Waals surface area (Å²) >= 11 is 0. The van der Waals surface area contributed by atoms with Gasteiger partial charge in [0.25, 0.3) is 0 Å². The minimum Gasteiger partial charge on any atom is -0.468 e. The summed E-state index contributed by atoms with van der Waals surface area (Å²) < 4.78 is 4.70. The zero-order valence-electron chi connectivity index (χ0n) is 8.08. The summed E-state index contributed by atoms with van der Waals surface area (Å²) in [5.74, 6) is -0.359. The maximum Gasteiger partial charge on any atom is 0.323 e. The number of rotatable bonds is 1. The number of hydrogen-bond acceptors (Lipinski definition) is 3. The molecular formula is C11H12O3. The number of ether oxygens (including phenoxy) is 1. The molecule has 1 fully saturated rings. The highest BCUT2D eigenvalue weighted by Crippen LogP contribution is 2.50. The number of carbonyl (C=O) groups is 2. The van der Waals surface area contributed by atoms with E-state index in [1.165, 1.54) is 13.2 Å². The van der Waals surface area contributed by atoms with E-state index in [2.05, 4.69) is 6.58 Å². The van der Waals surface area contributed by atoms with Crippen molar-refractivity contribution in [1.29, 1.82) is 0 Å². The van der Waals surface area contributed by atoms with Crippen LogP contribution in [0.15, 0.2) is 24.3 Å². The zero-order chi connectivity index (χ0) is 10.3. The number of methoxy groups -OCH3 is 1. The number of allylic oxidation sites excluding steroid dienone is 2. The Balaban J connectivity index is 2.49. The predicted octanol–water partition coefficient (Wildman–Crippen LogP) is 1.25. The third-order valence-electron chi connectivity index (χ3n) is 3.15. The van der Waals surface area contributed by atoms with Crippen LogP contribution in [-0.4, -0.2) is 18.9 Å². The van der Waals surface area contributed by atoms with Crippen LogP contribution in [0, 0.1) is 11.3 Å². The molecule has 0 amide bonds. The van der Waals surface area contributed by atoms with Gasteiger partial charge in [-0.25, -0.2) is 0 Å². The molecule has 0 spiro atoms. The molecule has 3 nitrogen and oxygen atoms in total. The van der Waals surface area contributed by atoms with Gasteiger partial charge < -0.3 is 4.74 Å². The van der Waals surface area contributed by atoms with Crippen LogP contribution in [0.5, 0.6) is 0 Å². The molecule has 0 aromatic heterocycles. The summed E-state index contributed by atoms with van der Waals surface area (Å²) in [6.07, 6.45) is 4.61. The molecule has 2 bridgehead atoms. The van der Waals surface area contributed by atoms with E-state index in [4.69, 9.17) is 4.74 Å². The van der Waals surface area contributed by atoms with Gasteiger partial charge in [0.2, 0.25) is 0 Å². The van der Waals surface area contributed by atoms with Crippen molar-refractivity contribution in [3.8, 4) is 0 Å². The fourth-order valence-electron chi connectivity index (χ4n) is 2.38. The molecule has 0 N–H and O–H groups in total. The van der Waals surface area contributed by atoms with Gasteiger partial charge in [-0.1, -0.05) is 18.2 Å². The first kappa shape index (κ1) is 9.19. The maximum absolute atomic E-state index is 11.7. The largest absolute Gasteiger partial charge is 0.468 e. The van der Waals surface area contributed by atoms with Crippen molar-refractivity contribution >= 4 is 11.8 Å². The summed E-state index contributed by atoms with van der Waals surface area (Å²) in [5.41, 5.74) is -0.363. The van der Waals surface area contributed by atoms with Crippen molar-refractivity contribution in [2.24, 2.45) is 11.3 Å². The molecule has 74 valence electrons. The Morgan fingerprint density at radius 1 is 1.71 bits per heavy atom. The lowest BCUT2D eigenvalue weighted by Gasteiger charge is -2.26. The second-order valence-electron chi connectivity index (χ2n) is 3.89. The van der Waals surface area contributed by atoms with Gasteiger partial charge in [-0.05, 0) is 24.8 Å². The molecule has 14 heavy (non-hydrogen) atoms. The lowest BCUT2D eigenvalue weighted by molar-refractivity contribution is -0.154. The number of carbonyl (C=O) groups excluding carboxylic acids is 2. The summed E-state index contributed by atoms with van der Waals surface area (Å²) in [6, 6.07) is 0. The fraction of sp³-hybridized carbons (Fsp3) is 0.455. The van der Waals surface area contributed by atoms with Gasteiger partial charge >= 0.3 is 5.97 Å². The van der Waals surface area contributed by atoms with Crippen LogP contribution in [-0.2, 0) is 14.3 Å². The zero-order valence-corrected chi connectivity index (χ0v) is 8.08. The fourth-order valence-corrected chi connectivity index (χ4v) is 2.38. The smallest absolute Gasteiger partial charge is 0.323 e. The average Bonchev–Trinajstić information content (AvgIpc) is 2.46. The Morgan fingerprint density at radius 2 is 2.43 bits per heavy atom. The molecule has 3 heteroatoms. The van der Waals surface area contributed by atoms with Crippen molar-refractivity contribution < 1.29 is 14.3 Å². The highest BCUT2D eigenvalue weighted by molar-refractivity contribution is 6.13. The van der Waals surface area contributed by atoms with Gasteiger partial charge in [0.05, 0.1) is 7.11 Å². The van der Waals surface area contributed by atoms with E-state index < -0.39 is 11.4 Å². The lowest BCUT2D eigenvalue weighted by Crippen LogP contribution is -2.39. The normalized spacial score (nSPS) is 34.8. The van der Waals surface area contributed by atoms with E-state index >= 15 is 0 Å². The second-order valence-corrected chi connectivity index (χ2v) is 3.89. The van der Waals surface area contributed by atoms with E-state index in [1.807, 2.05) is 6.08 Å². The van der Waals surface area contributed by atoms with Gasteiger partial charge in [-0.2, -0.15) is 0 Å². The van der Waals surface area contributed by atoms with Crippen molar-refractivity contribution in [2.75, 3.05) is 7.11 Å². The van der Waals surface area contributed by atoms with Crippen molar-refractivity contribution in [1.82, 2.24) is 0 Å². The maximum atomic E-state index is 11.7. The van der Waals surface area contributed by atoms with Crippen LogP contribution in [0.25, 0.3) is 0 Å². The van der Waals surface area contributed by atoms with E-state index in [0.717, 1.165) is 6.42 Å². The van der Waals surface area contributed by atoms with Gasteiger partial charge in [-0.3, -0.25) is 9.59 Å². The van der Waals surface area contributed by atoms with Crippen LogP contribution in [0.1, 0.15) is 12.8 Å². The first-order chi connectivity index (χ1) is 6.61. The molecule has 0 saturated heterocycles. The second kappa shape index (κ2) is 2.80. The SMILES string of the molecule is C=C1C[C@@H]2C=CC(=O)[C@@]1(C(=O)OC)C2. The van der Waals surface area contributed by atoms with E-state index in [9.17, 15) is 9.59 Å². The quantitative estimate of drug-likeness (QED) is 0.357. The Morgan fingerprint density at radius 3 is 3.07 bits per heavy atom. The molecule has 0 aromatic rings. The monoisotopic (exact) mass is 192 g/mol. The Bertz CT molecular complexity index is 354. The third kappa shape index (κ3) is 0.924. The van der Waals surface area contributed by atoms with Crippen molar-refractivity contribution in [2.45, 2.75) is 12.8 Å². The van der Waals surface area contributed by atoms with Gasteiger partial charge in [0.15, 0.2) is 11.2 Å². The average molecular weight is 192 g/mol. The van der Waals surface area contributed by atoms with Crippen LogP contribution < -0.4 is 0 Å². The molecule has 0 aliphatic heterocycles. The molecule has 0 radical (unpaired) electrons. The number of esters is 1. The van der Waals surface area contributed by atoms with E-state index in [0.29, 0.717) is 12.0 Å². The van der Waals surface area contributed by atoms with Gasteiger partial charge in [0.1, 0.15) is 0 Å². The Kier molecular flexibility index (Phi) is 1.84. The minimum absolute atomic E-state index is 0.178. The predicted molar refractivity (Wildman–Crippen MR) is 50.5 cm³/mol. The Labute approximate surface area is 82.4 Å². The molecule has 2 aliphatic rings. The van der Waals surface area contributed by atoms with Gasteiger partial charge in [0, 0.05) is 0 Å². The molecular weight excluding hydrogens is 180 g/mol. The van der Waals surface area contributed by atoms with E-state index in [-0.39, 0.29) is 11.7 Å². The summed E-state index contributed by atoms with van der Waals surface area (Å²) in [6.45, 7) is 3.83. The van der Waals surface area contributed by atoms with Crippen molar-refractivity contribution in [3.63, 3.8) is 0 Å². The molecule has 0 aromatic carbocycles. The minimum atomic E-state index is -1.06. The summed E-state index contributed by atoms with van der Waals surface area (Å²) in [4.78, 5) is 23.4. The van der Waals surface area contributed by atoms with Gasteiger partial charge in [-0.15, -0.1) is 0 Å². The third-order valence-corrected chi connectivity index (χ3v) is 3.15. The molecule has 2 aliphatic carbocycles. The highest BCUT2D eigenvalue weighted by Gasteiger charge is 2.55. The number of hydrogen-bond donors (Lipinski definition) is 0. The van der Waals surface area contributed by atoms with Crippen LogP contribution in [0.3, 0.4) is 0 Å². The summed E-state index contributed by atoms with van der Waals surface area (Å²) in [5, 5.41) is 0. The van der Waals surface area contributed by atoms with E-state index in [1.54, 1.807) is 0 Å². The number of fused-ring (bicyclic) bond motifs is 2. The molecule has 2 rings (SSSR count). The van der Waals surface area contributed by atoms with Crippen LogP contribution >= 0.6 is 0 Å². The first-order valence-corrected chi connectivity index (χ1v) is 4.60.